The van der Waals surface area contributed by atoms with E-state index in [9.17, 15) is 9.50 Å². The van der Waals surface area contributed by atoms with Gasteiger partial charge in [-0.25, -0.2) is 4.39 Å². The predicted octanol–water partition coefficient (Wildman–Crippen LogP) is 3.38. The lowest BCUT2D eigenvalue weighted by Crippen LogP contribution is -2.03. The molecule has 0 aromatic heterocycles. The fourth-order valence-corrected chi connectivity index (χ4v) is 1.87. The molecule has 0 radical (unpaired) electrons. The molecular weight excluding hydrogens is 229 g/mol. The number of phenols is 1. The average molecular weight is 241 g/mol. The lowest BCUT2D eigenvalue weighted by Gasteiger charge is -2.11. The molecule has 0 fully saturated rings. The highest BCUT2D eigenvalue weighted by Crippen LogP contribution is 2.26. The van der Waals surface area contributed by atoms with E-state index in [0.717, 1.165) is 5.56 Å². The first kappa shape index (κ1) is 12.1. The molecule has 1 atom stereocenters. The summed E-state index contributed by atoms with van der Waals surface area (Å²) in [5.41, 5.74) is 1.20. The normalized spacial score (nSPS) is 11.8. The van der Waals surface area contributed by atoms with Crippen molar-refractivity contribution in [2.75, 3.05) is 0 Å². The Morgan fingerprint density at radius 2 is 1.89 bits per heavy atom. The number of hydrogen-bond acceptors (Lipinski definition) is 2. The number of aromatic hydroxyl groups is 1. The predicted molar refractivity (Wildman–Crippen MR) is 66.6 cm³/mol. The Labute approximate surface area is 105 Å². The van der Waals surface area contributed by atoms with Gasteiger partial charge in [0.25, 0.3) is 0 Å². The van der Waals surface area contributed by atoms with Crippen LogP contribution in [-0.4, -0.2) is 5.11 Å². The lowest BCUT2D eigenvalue weighted by molar-refractivity contribution is 0.470. The first-order valence-corrected chi connectivity index (χ1v) is 5.62. The Morgan fingerprint density at radius 3 is 2.56 bits per heavy atom. The van der Waals surface area contributed by atoms with Crippen molar-refractivity contribution in [2.45, 2.75) is 12.3 Å². The van der Waals surface area contributed by atoms with Crippen molar-refractivity contribution in [3.05, 3.63) is 65.5 Å². The van der Waals surface area contributed by atoms with Gasteiger partial charge in [-0.3, -0.25) is 0 Å². The van der Waals surface area contributed by atoms with Crippen LogP contribution in [0.4, 0.5) is 4.39 Å². The van der Waals surface area contributed by atoms with Crippen molar-refractivity contribution in [2.24, 2.45) is 0 Å². The molecule has 1 unspecified atom stereocenters. The second kappa shape index (κ2) is 5.33. The van der Waals surface area contributed by atoms with E-state index in [0.29, 0.717) is 6.42 Å². The first-order valence-electron chi connectivity index (χ1n) is 5.62. The van der Waals surface area contributed by atoms with E-state index in [2.05, 4.69) is 6.07 Å². The van der Waals surface area contributed by atoms with Crippen LogP contribution in [0.15, 0.2) is 48.5 Å². The zero-order valence-electron chi connectivity index (χ0n) is 9.68. The largest absolute Gasteiger partial charge is 0.508 e. The molecule has 3 heteroatoms. The summed E-state index contributed by atoms with van der Waals surface area (Å²) in [6, 6.07) is 15.3. The van der Waals surface area contributed by atoms with Crippen molar-refractivity contribution < 1.29 is 9.50 Å². The molecule has 0 heterocycles. The fourth-order valence-electron chi connectivity index (χ4n) is 1.87. The topological polar surface area (TPSA) is 44.0 Å². The molecule has 0 aliphatic heterocycles. The van der Waals surface area contributed by atoms with Crippen molar-refractivity contribution in [3.8, 4) is 11.8 Å². The van der Waals surface area contributed by atoms with E-state index in [-0.39, 0.29) is 11.3 Å². The zero-order valence-corrected chi connectivity index (χ0v) is 9.68. The molecule has 2 rings (SSSR count). The molecule has 0 saturated heterocycles. The number of phenolic OH excluding ortho intramolecular Hbond substituents is 1. The third-order valence-corrected chi connectivity index (χ3v) is 2.79. The molecular formula is C15H12FNO. The van der Waals surface area contributed by atoms with Crippen LogP contribution in [0.25, 0.3) is 0 Å². The number of halogens is 1. The van der Waals surface area contributed by atoms with Crippen LogP contribution in [0.3, 0.4) is 0 Å². The number of benzene rings is 2. The molecule has 0 aliphatic rings. The molecule has 18 heavy (non-hydrogen) atoms. The Morgan fingerprint density at radius 1 is 1.17 bits per heavy atom. The Hall–Kier alpha value is -2.34. The molecule has 2 nitrogen and oxygen atoms in total. The van der Waals surface area contributed by atoms with Gasteiger partial charge in [-0.2, -0.15) is 5.26 Å². The summed E-state index contributed by atoms with van der Waals surface area (Å²) < 4.78 is 13.6. The molecule has 1 N–H and O–H groups in total. The van der Waals surface area contributed by atoms with Gasteiger partial charge in [0.15, 0.2) is 0 Å². The van der Waals surface area contributed by atoms with Crippen molar-refractivity contribution in [3.63, 3.8) is 0 Å². The van der Waals surface area contributed by atoms with Gasteiger partial charge in [0.05, 0.1) is 12.0 Å². The van der Waals surface area contributed by atoms with Gasteiger partial charge in [0.1, 0.15) is 11.6 Å². The van der Waals surface area contributed by atoms with Gasteiger partial charge >= 0.3 is 0 Å². The Balaban J connectivity index is 2.29. The Bertz CT molecular complexity index is 575. The average Bonchev–Trinajstić information content (AvgIpc) is 2.40. The molecule has 0 amide bonds. The van der Waals surface area contributed by atoms with Crippen LogP contribution in [0, 0.1) is 17.1 Å². The SMILES string of the molecule is N#CC(Cc1ccccc1)c1cc(O)ccc1F. The lowest BCUT2D eigenvalue weighted by atomic mass is 9.93. The molecule has 0 aliphatic carbocycles. The van der Waals surface area contributed by atoms with Crippen LogP contribution in [0.2, 0.25) is 0 Å². The summed E-state index contributed by atoms with van der Waals surface area (Å²) in [5, 5.41) is 18.5. The summed E-state index contributed by atoms with van der Waals surface area (Å²) >= 11 is 0. The van der Waals surface area contributed by atoms with E-state index >= 15 is 0 Å². The standard InChI is InChI=1S/C15H12FNO/c16-15-7-6-13(18)9-14(15)12(10-17)8-11-4-2-1-3-5-11/h1-7,9,12,18H,8H2. The van der Waals surface area contributed by atoms with Crippen molar-refractivity contribution in [1.82, 2.24) is 0 Å². The second-order valence-corrected chi connectivity index (χ2v) is 4.08. The third kappa shape index (κ3) is 2.67. The highest BCUT2D eigenvalue weighted by atomic mass is 19.1. The van der Waals surface area contributed by atoms with Gasteiger partial charge in [-0.05, 0) is 30.2 Å². The van der Waals surface area contributed by atoms with E-state index in [1.54, 1.807) is 0 Å². The van der Waals surface area contributed by atoms with Crippen LogP contribution < -0.4 is 0 Å². The maximum absolute atomic E-state index is 13.6. The molecule has 2 aromatic carbocycles. The highest BCUT2D eigenvalue weighted by Gasteiger charge is 2.16. The van der Waals surface area contributed by atoms with Gasteiger partial charge in [0.2, 0.25) is 0 Å². The highest BCUT2D eigenvalue weighted by molar-refractivity contribution is 5.35. The summed E-state index contributed by atoms with van der Waals surface area (Å²) in [6.07, 6.45) is 0.428. The van der Waals surface area contributed by atoms with Crippen LogP contribution >= 0.6 is 0 Å². The van der Waals surface area contributed by atoms with Crippen molar-refractivity contribution >= 4 is 0 Å². The maximum atomic E-state index is 13.6. The van der Waals surface area contributed by atoms with Gasteiger partial charge < -0.3 is 5.11 Å². The number of rotatable bonds is 3. The van der Waals surface area contributed by atoms with Gasteiger partial charge in [-0.1, -0.05) is 30.3 Å². The molecule has 2 aromatic rings. The minimum atomic E-state index is -0.598. The third-order valence-electron chi connectivity index (χ3n) is 2.79. The first-order chi connectivity index (χ1) is 8.70. The number of nitriles is 1. The van der Waals surface area contributed by atoms with Gasteiger partial charge in [-0.15, -0.1) is 0 Å². The zero-order chi connectivity index (χ0) is 13.0. The molecule has 0 saturated carbocycles. The number of hydrogen-bond donors (Lipinski definition) is 1. The monoisotopic (exact) mass is 241 g/mol. The maximum Gasteiger partial charge on any atom is 0.128 e. The van der Waals surface area contributed by atoms with E-state index in [1.165, 1.54) is 18.2 Å². The summed E-state index contributed by atoms with van der Waals surface area (Å²) in [6.45, 7) is 0. The number of nitrogens with zero attached hydrogens (tertiary/aromatic N) is 1. The summed E-state index contributed by atoms with van der Waals surface area (Å²) in [5.74, 6) is -1.09. The van der Waals surface area contributed by atoms with E-state index < -0.39 is 11.7 Å². The summed E-state index contributed by atoms with van der Waals surface area (Å²) in [7, 11) is 0. The molecule has 0 bridgehead atoms. The quantitative estimate of drug-likeness (QED) is 0.895. The van der Waals surface area contributed by atoms with Crippen LogP contribution in [0.5, 0.6) is 5.75 Å². The molecule has 0 spiro atoms. The van der Waals surface area contributed by atoms with E-state index in [4.69, 9.17) is 5.26 Å². The molecule has 90 valence electrons. The summed E-state index contributed by atoms with van der Waals surface area (Å²) in [4.78, 5) is 0. The van der Waals surface area contributed by atoms with E-state index in [1.807, 2.05) is 30.3 Å². The minimum absolute atomic E-state index is 0.0280. The second-order valence-electron chi connectivity index (χ2n) is 4.08. The van der Waals surface area contributed by atoms with Crippen LogP contribution in [0.1, 0.15) is 17.0 Å². The van der Waals surface area contributed by atoms with Crippen molar-refractivity contribution in [1.29, 1.82) is 5.26 Å². The minimum Gasteiger partial charge on any atom is -0.508 e. The van der Waals surface area contributed by atoms with Crippen LogP contribution in [-0.2, 0) is 6.42 Å². The Kier molecular flexibility index (Phi) is 3.59. The van der Waals surface area contributed by atoms with Gasteiger partial charge in [0, 0.05) is 5.56 Å². The fraction of sp³-hybridized carbons (Fsp3) is 0.133. The smallest absolute Gasteiger partial charge is 0.128 e.